The summed E-state index contributed by atoms with van der Waals surface area (Å²) in [4.78, 5) is 20.0. The molecule has 2 heterocycles. The minimum atomic E-state index is -0.501. The molecule has 0 aromatic carbocycles. The smallest absolute Gasteiger partial charge is 0.329 e. The van der Waals surface area contributed by atoms with E-state index in [9.17, 15) is 10.1 Å². The fourth-order valence-corrected chi connectivity index (χ4v) is 2.01. The van der Waals surface area contributed by atoms with Crippen LogP contribution in [0.5, 0.6) is 0 Å². The summed E-state index contributed by atoms with van der Waals surface area (Å²) in [6.07, 6.45) is 1.13. The van der Waals surface area contributed by atoms with Gasteiger partial charge in [-0.15, -0.1) is 0 Å². The van der Waals surface area contributed by atoms with Crippen molar-refractivity contribution < 1.29 is 9.66 Å². The van der Waals surface area contributed by atoms with Gasteiger partial charge in [0.2, 0.25) is 11.1 Å². The van der Waals surface area contributed by atoms with Gasteiger partial charge < -0.3 is 9.64 Å². The lowest BCUT2D eigenvalue weighted by Gasteiger charge is -2.37. The predicted octanol–water partition coefficient (Wildman–Crippen LogP) is 1.65. The average Bonchev–Trinajstić information content (AvgIpc) is 2.31. The Morgan fingerprint density at radius 3 is 3.00 bits per heavy atom. The Labute approximate surface area is 109 Å². The van der Waals surface area contributed by atoms with Crippen LogP contribution in [0.25, 0.3) is 0 Å². The second-order valence-electron chi connectivity index (χ2n) is 4.25. The lowest BCUT2D eigenvalue weighted by Crippen LogP contribution is -2.48. The summed E-state index contributed by atoms with van der Waals surface area (Å²) < 4.78 is 5.48. The van der Waals surface area contributed by atoms with Gasteiger partial charge in [-0.3, -0.25) is 10.1 Å². The summed E-state index contributed by atoms with van der Waals surface area (Å²) in [6.45, 7) is 4.87. The molecule has 0 amide bonds. The monoisotopic (exact) mass is 272 g/mol. The van der Waals surface area contributed by atoms with E-state index in [1.165, 1.54) is 0 Å². The molecule has 2 unspecified atom stereocenters. The fraction of sp³-hybridized carbons (Fsp3) is 0.600. The third-order valence-electron chi connectivity index (χ3n) is 2.80. The second-order valence-corrected chi connectivity index (χ2v) is 4.59. The Hall–Kier alpha value is -1.47. The van der Waals surface area contributed by atoms with Gasteiger partial charge in [0.15, 0.2) is 0 Å². The predicted molar refractivity (Wildman–Crippen MR) is 65.9 cm³/mol. The molecule has 1 aromatic rings. The maximum absolute atomic E-state index is 11.0. The Morgan fingerprint density at radius 2 is 2.33 bits per heavy atom. The standard InChI is InChI=1S/C10H13ClN4O3/c1-6-5-18-7(2)4-14(6)9-8(15(16)17)3-12-10(11)13-9/h3,6-7H,4-5H2,1-2H3. The number of hydrogen-bond donors (Lipinski definition) is 0. The molecule has 8 heteroatoms. The molecule has 1 aliphatic heterocycles. The van der Waals surface area contributed by atoms with Gasteiger partial charge in [0.1, 0.15) is 6.20 Å². The second kappa shape index (κ2) is 5.03. The van der Waals surface area contributed by atoms with Crippen LogP contribution in [-0.2, 0) is 4.74 Å². The summed E-state index contributed by atoms with van der Waals surface area (Å²) in [7, 11) is 0. The molecular weight excluding hydrogens is 260 g/mol. The van der Waals surface area contributed by atoms with E-state index in [0.29, 0.717) is 13.2 Å². The molecule has 2 rings (SSSR count). The van der Waals surface area contributed by atoms with Gasteiger partial charge in [-0.1, -0.05) is 0 Å². The number of morpholine rings is 1. The van der Waals surface area contributed by atoms with Gasteiger partial charge in [0.25, 0.3) is 0 Å². The van der Waals surface area contributed by atoms with E-state index in [1.54, 1.807) is 0 Å². The summed E-state index contributed by atoms with van der Waals surface area (Å²) in [6, 6.07) is 0.00543. The van der Waals surface area contributed by atoms with E-state index in [1.807, 2.05) is 18.7 Å². The zero-order valence-electron chi connectivity index (χ0n) is 10.0. The van der Waals surface area contributed by atoms with Crippen LogP contribution in [-0.4, -0.2) is 40.2 Å². The highest BCUT2D eigenvalue weighted by atomic mass is 35.5. The van der Waals surface area contributed by atoms with Gasteiger partial charge in [0.05, 0.1) is 23.7 Å². The quantitative estimate of drug-likeness (QED) is 0.463. The van der Waals surface area contributed by atoms with Gasteiger partial charge in [-0.25, -0.2) is 4.98 Å². The number of ether oxygens (including phenoxy) is 1. The van der Waals surface area contributed by atoms with E-state index in [2.05, 4.69) is 9.97 Å². The molecule has 0 bridgehead atoms. The molecule has 1 aromatic heterocycles. The maximum atomic E-state index is 11.0. The van der Waals surface area contributed by atoms with Crippen LogP contribution in [0.1, 0.15) is 13.8 Å². The molecule has 1 saturated heterocycles. The van der Waals surface area contributed by atoms with Crippen molar-refractivity contribution >= 4 is 23.1 Å². The van der Waals surface area contributed by atoms with E-state index in [0.717, 1.165) is 6.20 Å². The summed E-state index contributed by atoms with van der Waals surface area (Å²) in [5.74, 6) is 0.252. The minimum absolute atomic E-state index is 0.00180. The first-order chi connectivity index (χ1) is 8.49. The van der Waals surface area contributed by atoms with Gasteiger partial charge in [-0.2, -0.15) is 4.98 Å². The first kappa shape index (κ1) is 13.0. The zero-order chi connectivity index (χ0) is 13.3. The van der Waals surface area contributed by atoms with Crippen molar-refractivity contribution in [1.29, 1.82) is 0 Å². The van der Waals surface area contributed by atoms with Crippen molar-refractivity contribution in [2.24, 2.45) is 0 Å². The molecule has 0 N–H and O–H groups in total. The number of rotatable bonds is 2. The molecule has 98 valence electrons. The van der Waals surface area contributed by atoms with E-state index in [4.69, 9.17) is 16.3 Å². The highest BCUT2D eigenvalue weighted by molar-refractivity contribution is 6.28. The van der Waals surface area contributed by atoms with Crippen LogP contribution in [0.4, 0.5) is 11.5 Å². The number of hydrogen-bond acceptors (Lipinski definition) is 6. The molecule has 0 spiro atoms. The zero-order valence-corrected chi connectivity index (χ0v) is 10.8. The number of halogens is 1. The Kier molecular flexibility index (Phi) is 3.63. The molecular formula is C10H13ClN4O3. The molecule has 1 fully saturated rings. The van der Waals surface area contributed by atoms with Crippen LogP contribution in [0, 0.1) is 10.1 Å². The van der Waals surface area contributed by atoms with Crippen molar-refractivity contribution in [2.75, 3.05) is 18.1 Å². The van der Waals surface area contributed by atoms with Gasteiger partial charge in [0, 0.05) is 6.54 Å². The Balaban J connectivity index is 2.41. The number of nitro groups is 1. The third kappa shape index (κ3) is 2.51. The molecule has 0 radical (unpaired) electrons. The van der Waals surface area contributed by atoms with Crippen molar-refractivity contribution in [3.63, 3.8) is 0 Å². The first-order valence-corrected chi connectivity index (χ1v) is 5.92. The number of aromatic nitrogens is 2. The normalized spacial score (nSPS) is 24.1. The highest BCUT2D eigenvalue weighted by Crippen LogP contribution is 2.29. The summed E-state index contributed by atoms with van der Waals surface area (Å²) >= 11 is 5.72. The lowest BCUT2D eigenvalue weighted by atomic mass is 10.2. The maximum Gasteiger partial charge on any atom is 0.329 e. The number of anilines is 1. The lowest BCUT2D eigenvalue weighted by molar-refractivity contribution is -0.384. The molecule has 2 atom stereocenters. The topological polar surface area (TPSA) is 81.4 Å². The van der Waals surface area contributed by atoms with E-state index in [-0.39, 0.29) is 28.9 Å². The molecule has 7 nitrogen and oxygen atoms in total. The summed E-state index contributed by atoms with van der Waals surface area (Å²) in [5, 5.41) is 11.0. The molecule has 0 saturated carbocycles. The molecule has 1 aliphatic rings. The minimum Gasteiger partial charge on any atom is -0.375 e. The Morgan fingerprint density at radius 1 is 1.61 bits per heavy atom. The fourth-order valence-electron chi connectivity index (χ4n) is 1.88. The van der Waals surface area contributed by atoms with E-state index < -0.39 is 4.92 Å². The third-order valence-corrected chi connectivity index (χ3v) is 2.98. The Bertz CT molecular complexity index is 470. The van der Waals surface area contributed by atoms with Crippen molar-refractivity contribution in [3.05, 3.63) is 21.6 Å². The highest BCUT2D eigenvalue weighted by Gasteiger charge is 2.30. The van der Waals surface area contributed by atoms with Gasteiger partial charge in [-0.05, 0) is 25.4 Å². The van der Waals surface area contributed by atoms with Gasteiger partial charge >= 0.3 is 5.69 Å². The number of nitrogens with zero attached hydrogens (tertiary/aromatic N) is 4. The molecule has 18 heavy (non-hydrogen) atoms. The van der Waals surface area contributed by atoms with Crippen LogP contribution in [0.2, 0.25) is 5.28 Å². The van der Waals surface area contributed by atoms with Crippen molar-refractivity contribution in [3.8, 4) is 0 Å². The largest absolute Gasteiger partial charge is 0.375 e. The van der Waals surface area contributed by atoms with Crippen molar-refractivity contribution in [2.45, 2.75) is 26.0 Å². The van der Waals surface area contributed by atoms with Crippen LogP contribution < -0.4 is 4.90 Å². The SMILES string of the molecule is CC1CN(c2nc(Cl)ncc2[N+](=O)[O-])C(C)CO1. The molecule has 0 aliphatic carbocycles. The average molecular weight is 273 g/mol. The first-order valence-electron chi connectivity index (χ1n) is 5.54. The van der Waals surface area contributed by atoms with Crippen LogP contribution in [0.3, 0.4) is 0 Å². The van der Waals surface area contributed by atoms with E-state index >= 15 is 0 Å². The van der Waals surface area contributed by atoms with Crippen LogP contribution >= 0.6 is 11.6 Å². The summed E-state index contributed by atoms with van der Waals surface area (Å²) in [5.41, 5.74) is -0.139. The van der Waals surface area contributed by atoms with Crippen LogP contribution in [0.15, 0.2) is 6.20 Å². The van der Waals surface area contributed by atoms with Crippen molar-refractivity contribution in [1.82, 2.24) is 9.97 Å².